The van der Waals surface area contributed by atoms with Crippen molar-refractivity contribution in [3.05, 3.63) is 30.6 Å². The van der Waals surface area contributed by atoms with E-state index in [0.29, 0.717) is 5.52 Å². The van der Waals surface area contributed by atoms with E-state index in [2.05, 4.69) is 15.3 Å². The van der Waals surface area contributed by atoms with Gasteiger partial charge in [0.2, 0.25) is 0 Å². The smallest absolute Gasteiger partial charge is 0.410 e. The zero-order chi connectivity index (χ0) is 9.97. The van der Waals surface area contributed by atoms with E-state index >= 15 is 0 Å². The number of anilines is 1. The largest absolute Gasteiger partial charge is 0.465 e. The summed E-state index contributed by atoms with van der Waals surface area (Å²) in [6, 6.07) is 5.25. The highest BCUT2D eigenvalue weighted by Gasteiger charge is 2.00. The Hall–Kier alpha value is -2.17. The molecule has 0 unspecified atom stereocenters. The molecule has 0 aliphatic rings. The Kier molecular flexibility index (Phi) is 1.98. The van der Waals surface area contributed by atoms with E-state index in [1.54, 1.807) is 24.5 Å². The van der Waals surface area contributed by atoms with Crippen LogP contribution in [0, 0.1) is 0 Å². The zero-order valence-electron chi connectivity index (χ0n) is 7.14. The number of hydrogen-bond donors (Lipinski definition) is 2. The van der Waals surface area contributed by atoms with Crippen molar-refractivity contribution in [2.45, 2.75) is 0 Å². The Balaban J connectivity index is 2.46. The van der Waals surface area contributed by atoms with Crippen molar-refractivity contribution in [2.24, 2.45) is 0 Å². The van der Waals surface area contributed by atoms with Crippen LogP contribution in [0.3, 0.4) is 0 Å². The van der Waals surface area contributed by atoms with Gasteiger partial charge in [-0.3, -0.25) is 10.3 Å². The van der Waals surface area contributed by atoms with Gasteiger partial charge in [-0.2, -0.15) is 0 Å². The molecule has 2 aromatic heterocycles. The Bertz CT molecular complexity index is 484. The molecule has 0 aromatic carbocycles. The number of amides is 1. The normalized spacial score (nSPS) is 10.0. The standard InChI is InChI=1S/C9H7N3O2/c13-9(14)12-8-4-7-6(5-11-8)2-1-3-10-7/h1-5H,(H,11,12)(H,13,14). The van der Waals surface area contributed by atoms with E-state index in [1.165, 1.54) is 0 Å². The van der Waals surface area contributed by atoms with E-state index in [4.69, 9.17) is 5.11 Å². The third-order valence-electron chi connectivity index (χ3n) is 1.72. The van der Waals surface area contributed by atoms with Crippen molar-refractivity contribution >= 4 is 22.8 Å². The first kappa shape index (κ1) is 8.43. The Labute approximate surface area is 79.4 Å². The van der Waals surface area contributed by atoms with Crippen LogP contribution in [0.4, 0.5) is 10.6 Å². The van der Waals surface area contributed by atoms with Crippen LogP contribution in [0.1, 0.15) is 0 Å². The van der Waals surface area contributed by atoms with E-state index in [-0.39, 0.29) is 5.82 Å². The van der Waals surface area contributed by atoms with E-state index < -0.39 is 6.09 Å². The fraction of sp³-hybridized carbons (Fsp3) is 0. The average Bonchev–Trinajstić information content (AvgIpc) is 2.17. The number of nitrogens with one attached hydrogen (secondary N) is 1. The summed E-state index contributed by atoms with van der Waals surface area (Å²) in [6.07, 6.45) is 2.09. The fourth-order valence-corrected chi connectivity index (χ4v) is 1.14. The van der Waals surface area contributed by atoms with Crippen molar-refractivity contribution in [1.29, 1.82) is 0 Å². The van der Waals surface area contributed by atoms with Crippen LogP contribution in [-0.4, -0.2) is 21.2 Å². The number of hydrogen-bond acceptors (Lipinski definition) is 3. The number of rotatable bonds is 1. The Morgan fingerprint density at radius 1 is 1.43 bits per heavy atom. The number of carbonyl (C=O) groups is 1. The molecule has 0 atom stereocenters. The molecule has 2 rings (SSSR count). The van der Waals surface area contributed by atoms with Gasteiger partial charge in [-0.05, 0) is 12.1 Å². The van der Waals surface area contributed by atoms with E-state index in [9.17, 15) is 4.79 Å². The molecule has 2 N–H and O–H groups in total. The number of pyridine rings is 2. The monoisotopic (exact) mass is 189 g/mol. The minimum atomic E-state index is -1.13. The Morgan fingerprint density at radius 2 is 2.29 bits per heavy atom. The zero-order valence-corrected chi connectivity index (χ0v) is 7.14. The molecule has 1 amide bonds. The van der Waals surface area contributed by atoms with Crippen LogP contribution < -0.4 is 5.32 Å². The summed E-state index contributed by atoms with van der Waals surface area (Å²) in [4.78, 5) is 18.3. The second-order valence-corrected chi connectivity index (χ2v) is 2.70. The molecule has 70 valence electrons. The van der Waals surface area contributed by atoms with Crippen molar-refractivity contribution in [1.82, 2.24) is 9.97 Å². The first-order chi connectivity index (χ1) is 6.75. The predicted molar refractivity (Wildman–Crippen MR) is 51.2 cm³/mol. The number of fused-ring (bicyclic) bond motifs is 1. The predicted octanol–water partition coefficient (Wildman–Crippen LogP) is 1.72. The van der Waals surface area contributed by atoms with Gasteiger partial charge in [0.25, 0.3) is 0 Å². The molecule has 0 saturated carbocycles. The van der Waals surface area contributed by atoms with Gasteiger partial charge in [0, 0.05) is 23.8 Å². The van der Waals surface area contributed by atoms with Crippen molar-refractivity contribution in [3.63, 3.8) is 0 Å². The summed E-state index contributed by atoms with van der Waals surface area (Å²) in [5.41, 5.74) is 0.714. The van der Waals surface area contributed by atoms with E-state index in [0.717, 1.165) is 5.39 Å². The second kappa shape index (κ2) is 3.29. The summed E-state index contributed by atoms with van der Waals surface area (Å²) >= 11 is 0. The first-order valence-electron chi connectivity index (χ1n) is 3.96. The van der Waals surface area contributed by atoms with Gasteiger partial charge < -0.3 is 5.11 Å². The molecule has 0 aliphatic carbocycles. The number of aromatic nitrogens is 2. The maximum atomic E-state index is 10.3. The third-order valence-corrected chi connectivity index (χ3v) is 1.72. The lowest BCUT2D eigenvalue weighted by atomic mass is 10.3. The topological polar surface area (TPSA) is 75.1 Å². The molecule has 0 aliphatic heterocycles. The maximum absolute atomic E-state index is 10.3. The molecule has 2 heterocycles. The molecule has 5 heteroatoms. The van der Waals surface area contributed by atoms with Gasteiger partial charge in [0.05, 0.1) is 5.52 Å². The van der Waals surface area contributed by atoms with Gasteiger partial charge in [-0.25, -0.2) is 9.78 Å². The molecule has 2 aromatic rings. The fourth-order valence-electron chi connectivity index (χ4n) is 1.14. The van der Waals surface area contributed by atoms with Gasteiger partial charge in [0.15, 0.2) is 0 Å². The third kappa shape index (κ3) is 1.61. The highest BCUT2D eigenvalue weighted by atomic mass is 16.4. The number of carboxylic acid groups (broad SMARTS) is 1. The van der Waals surface area contributed by atoms with Crippen LogP contribution in [0.5, 0.6) is 0 Å². The lowest BCUT2D eigenvalue weighted by Crippen LogP contribution is -2.08. The van der Waals surface area contributed by atoms with Crippen molar-refractivity contribution in [3.8, 4) is 0 Å². The molecular weight excluding hydrogens is 182 g/mol. The minimum absolute atomic E-state index is 0.281. The summed E-state index contributed by atoms with van der Waals surface area (Å²) in [7, 11) is 0. The molecule has 0 fully saturated rings. The Morgan fingerprint density at radius 3 is 3.07 bits per heavy atom. The molecule has 0 spiro atoms. The quantitative estimate of drug-likeness (QED) is 0.716. The second-order valence-electron chi connectivity index (χ2n) is 2.70. The molecule has 14 heavy (non-hydrogen) atoms. The summed E-state index contributed by atoms with van der Waals surface area (Å²) in [5.74, 6) is 0.281. The molecular formula is C9H7N3O2. The summed E-state index contributed by atoms with van der Waals surface area (Å²) < 4.78 is 0. The van der Waals surface area contributed by atoms with Crippen molar-refractivity contribution in [2.75, 3.05) is 5.32 Å². The highest BCUT2D eigenvalue weighted by Crippen LogP contribution is 2.13. The van der Waals surface area contributed by atoms with Crippen LogP contribution in [-0.2, 0) is 0 Å². The molecule has 5 nitrogen and oxygen atoms in total. The average molecular weight is 189 g/mol. The lowest BCUT2D eigenvalue weighted by molar-refractivity contribution is 0.209. The molecule has 0 radical (unpaired) electrons. The highest BCUT2D eigenvalue weighted by molar-refractivity contribution is 5.86. The van der Waals surface area contributed by atoms with Gasteiger partial charge in [-0.1, -0.05) is 0 Å². The SMILES string of the molecule is O=C(O)Nc1cc2ncccc2cn1. The van der Waals surface area contributed by atoms with Crippen molar-refractivity contribution < 1.29 is 9.90 Å². The van der Waals surface area contributed by atoms with Gasteiger partial charge in [-0.15, -0.1) is 0 Å². The van der Waals surface area contributed by atoms with Crippen LogP contribution in [0.15, 0.2) is 30.6 Å². The number of nitrogens with zero attached hydrogens (tertiary/aromatic N) is 2. The summed E-state index contributed by atoms with van der Waals surface area (Å²) in [6.45, 7) is 0. The van der Waals surface area contributed by atoms with E-state index in [1.807, 2.05) is 6.07 Å². The summed E-state index contributed by atoms with van der Waals surface area (Å²) in [5, 5.41) is 11.5. The molecule has 0 saturated heterocycles. The molecule has 0 bridgehead atoms. The minimum Gasteiger partial charge on any atom is -0.465 e. The first-order valence-corrected chi connectivity index (χ1v) is 3.96. The van der Waals surface area contributed by atoms with Crippen LogP contribution >= 0.6 is 0 Å². The van der Waals surface area contributed by atoms with Gasteiger partial charge in [0.1, 0.15) is 5.82 Å². The van der Waals surface area contributed by atoms with Gasteiger partial charge >= 0.3 is 6.09 Å². The lowest BCUT2D eigenvalue weighted by Gasteiger charge is -2.00. The van der Waals surface area contributed by atoms with Crippen LogP contribution in [0.25, 0.3) is 10.9 Å². The maximum Gasteiger partial charge on any atom is 0.410 e. The van der Waals surface area contributed by atoms with Crippen LogP contribution in [0.2, 0.25) is 0 Å².